The van der Waals surface area contributed by atoms with Crippen molar-refractivity contribution in [3.05, 3.63) is 87.9 Å². The number of Topliss-reactive ketones (excluding diaryl/α,β-unsaturated/α-hetero) is 1. The maximum absolute atomic E-state index is 13.6. The molecule has 0 saturated carbocycles. The van der Waals surface area contributed by atoms with E-state index in [4.69, 9.17) is 0 Å². The molecule has 0 amide bonds. The Bertz CT molecular complexity index is 1040. The highest BCUT2D eigenvalue weighted by Gasteiger charge is 2.43. The fraction of sp³-hybridized carbons (Fsp3) is 0.308. The van der Waals surface area contributed by atoms with Crippen LogP contribution in [-0.4, -0.2) is 35.0 Å². The number of hydrogen-bond donors (Lipinski definition) is 0. The molecule has 1 aliphatic rings. The molecule has 3 aromatic rings. The van der Waals surface area contributed by atoms with Crippen molar-refractivity contribution in [2.45, 2.75) is 31.2 Å². The number of piperidine rings is 1. The number of thiophene rings is 1. The van der Waals surface area contributed by atoms with Crippen LogP contribution in [-0.2, 0) is 11.2 Å². The predicted molar refractivity (Wildman–Crippen MR) is 132 cm³/mol. The van der Waals surface area contributed by atoms with Crippen molar-refractivity contribution in [2.75, 3.05) is 19.3 Å². The zero-order valence-electron chi connectivity index (χ0n) is 18.2. The Kier molecular flexibility index (Phi) is 6.75. The molecule has 1 atom stereocenters. The molecule has 1 unspecified atom stereocenters. The monoisotopic (exact) mass is 448 g/mol. The second kappa shape index (κ2) is 9.51. The number of ketones is 1. The summed E-state index contributed by atoms with van der Waals surface area (Å²) in [6, 6.07) is 18.7. The molecule has 4 rings (SSSR count). The number of likely N-dealkylation sites (tertiary alicyclic amines) is 1. The Labute approximate surface area is 193 Å². The molecule has 0 spiro atoms. The molecule has 1 aliphatic heterocycles. The zero-order valence-corrected chi connectivity index (χ0v) is 19.9. The van der Waals surface area contributed by atoms with Crippen LogP contribution in [0.15, 0.2) is 76.6 Å². The fourth-order valence-electron chi connectivity index (χ4n) is 4.24. The van der Waals surface area contributed by atoms with Gasteiger partial charge in [-0.1, -0.05) is 38.1 Å². The highest BCUT2D eigenvalue weighted by molar-refractivity contribution is 7.98. The van der Waals surface area contributed by atoms with Crippen LogP contribution >= 0.6 is 23.1 Å². The van der Waals surface area contributed by atoms with E-state index in [1.807, 2.05) is 24.3 Å². The van der Waals surface area contributed by atoms with Crippen LogP contribution in [0.4, 0.5) is 0 Å². The first-order valence-corrected chi connectivity index (χ1v) is 12.7. The Morgan fingerprint density at radius 1 is 1.16 bits per heavy atom. The number of pyridine rings is 1. The van der Waals surface area contributed by atoms with Gasteiger partial charge in [0.15, 0.2) is 5.78 Å². The fourth-order valence-corrected chi connectivity index (χ4v) is 5.35. The lowest BCUT2D eigenvalue weighted by Crippen LogP contribution is -2.49. The number of nitrogens with zero attached hydrogens (tertiary/aromatic N) is 2. The molecule has 31 heavy (non-hydrogen) atoms. The number of benzene rings is 1. The normalized spacial score (nSPS) is 20.3. The average Bonchev–Trinajstić information content (AvgIpc) is 3.30. The molecule has 0 N–H and O–H groups in total. The van der Waals surface area contributed by atoms with Crippen LogP contribution in [0.3, 0.4) is 0 Å². The van der Waals surface area contributed by atoms with Crippen LogP contribution in [0.1, 0.15) is 36.0 Å². The molecule has 2 aromatic heterocycles. The van der Waals surface area contributed by atoms with Crippen molar-refractivity contribution in [3.63, 3.8) is 0 Å². The van der Waals surface area contributed by atoms with E-state index >= 15 is 0 Å². The number of carbonyl (C=O) groups excluding carboxylic acids is 1. The van der Waals surface area contributed by atoms with Crippen LogP contribution in [0.5, 0.6) is 0 Å². The van der Waals surface area contributed by atoms with E-state index in [0.717, 1.165) is 36.3 Å². The van der Waals surface area contributed by atoms with E-state index in [-0.39, 0.29) is 11.8 Å². The first-order valence-electron chi connectivity index (χ1n) is 10.6. The zero-order chi connectivity index (χ0) is 21.8. The quantitative estimate of drug-likeness (QED) is 0.335. The van der Waals surface area contributed by atoms with Crippen LogP contribution in [0, 0.1) is 5.41 Å². The van der Waals surface area contributed by atoms with E-state index in [2.05, 4.69) is 71.8 Å². The highest BCUT2D eigenvalue weighted by Crippen LogP contribution is 2.42. The highest BCUT2D eigenvalue weighted by atomic mass is 32.2. The third-order valence-electron chi connectivity index (χ3n) is 5.78. The molecular formula is C26H28N2OS2. The van der Waals surface area contributed by atoms with Gasteiger partial charge in [-0.15, -0.1) is 23.1 Å². The molecule has 0 radical (unpaired) electrons. The third-order valence-corrected chi connectivity index (χ3v) is 7.46. The predicted octanol–water partition coefficient (Wildman–Crippen LogP) is 6.14. The van der Waals surface area contributed by atoms with E-state index in [9.17, 15) is 4.79 Å². The van der Waals surface area contributed by atoms with E-state index in [1.54, 1.807) is 29.3 Å². The second-order valence-corrected chi connectivity index (χ2v) is 10.5. The maximum atomic E-state index is 13.6. The van der Waals surface area contributed by atoms with Gasteiger partial charge in [0, 0.05) is 40.0 Å². The van der Waals surface area contributed by atoms with Crippen molar-refractivity contribution < 1.29 is 4.79 Å². The maximum Gasteiger partial charge on any atom is 0.167 e. The van der Waals surface area contributed by atoms with Crippen molar-refractivity contribution >= 4 is 35.0 Å². The Morgan fingerprint density at radius 2 is 1.97 bits per heavy atom. The minimum Gasteiger partial charge on any atom is -0.294 e. The first-order chi connectivity index (χ1) is 15.0. The lowest BCUT2D eigenvalue weighted by atomic mass is 9.74. The molecule has 0 bridgehead atoms. The van der Waals surface area contributed by atoms with Crippen LogP contribution < -0.4 is 0 Å². The van der Waals surface area contributed by atoms with Crippen molar-refractivity contribution in [1.82, 2.24) is 9.88 Å². The van der Waals surface area contributed by atoms with Gasteiger partial charge in [0.25, 0.3) is 0 Å². The largest absolute Gasteiger partial charge is 0.294 e. The molecule has 3 nitrogen and oxygen atoms in total. The molecule has 1 fully saturated rings. The summed E-state index contributed by atoms with van der Waals surface area (Å²) in [7, 11) is 0. The molecular weight excluding hydrogens is 420 g/mol. The summed E-state index contributed by atoms with van der Waals surface area (Å²) in [6.45, 7) is 5.77. The minimum absolute atomic E-state index is 0.0709. The summed E-state index contributed by atoms with van der Waals surface area (Å²) in [5, 5.41) is 2.13. The Morgan fingerprint density at radius 3 is 2.61 bits per heavy atom. The van der Waals surface area contributed by atoms with Gasteiger partial charge in [-0.25, -0.2) is 0 Å². The van der Waals surface area contributed by atoms with Crippen molar-refractivity contribution in [3.8, 4) is 0 Å². The lowest BCUT2D eigenvalue weighted by molar-refractivity contribution is -0.128. The summed E-state index contributed by atoms with van der Waals surface area (Å²) in [5.74, 6) is 0.212. The SMILES string of the molecule is CSc1ccc(C2/C(=C\c3ccccn3)C(=O)C(C)(C)CN2CCc2cccs2)cc1. The Hall–Kier alpha value is -2.21. The van der Waals surface area contributed by atoms with Gasteiger partial charge >= 0.3 is 0 Å². The number of carbonyl (C=O) groups is 1. The number of hydrogen-bond acceptors (Lipinski definition) is 5. The number of aromatic nitrogens is 1. The summed E-state index contributed by atoms with van der Waals surface area (Å²) in [5.41, 5.74) is 2.38. The van der Waals surface area contributed by atoms with Gasteiger partial charge in [0.05, 0.1) is 11.7 Å². The summed E-state index contributed by atoms with van der Waals surface area (Å²) in [4.78, 5) is 23.2. The summed E-state index contributed by atoms with van der Waals surface area (Å²) < 4.78 is 0. The van der Waals surface area contributed by atoms with Crippen LogP contribution in [0.2, 0.25) is 0 Å². The van der Waals surface area contributed by atoms with Gasteiger partial charge in [-0.3, -0.25) is 14.7 Å². The van der Waals surface area contributed by atoms with Gasteiger partial charge in [0.2, 0.25) is 0 Å². The average molecular weight is 449 g/mol. The van der Waals surface area contributed by atoms with Gasteiger partial charge in [-0.05, 0) is 60.0 Å². The van der Waals surface area contributed by atoms with E-state index < -0.39 is 5.41 Å². The minimum atomic E-state index is -0.439. The van der Waals surface area contributed by atoms with Crippen molar-refractivity contribution in [1.29, 1.82) is 0 Å². The molecule has 160 valence electrons. The van der Waals surface area contributed by atoms with Gasteiger partial charge in [-0.2, -0.15) is 0 Å². The first kappa shape index (κ1) is 22.0. The lowest BCUT2D eigenvalue weighted by Gasteiger charge is -2.44. The van der Waals surface area contributed by atoms with Crippen molar-refractivity contribution in [2.24, 2.45) is 5.41 Å². The second-order valence-electron chi connectivity index (χ2n) is 8.54. The van der Waals surface area contributed by atoms with E-state index in [0.29, 0.717) is 0 Å². The topological polar surface area (TPSA) is 33.2 Å². The summed E-state index contributed by atoms with van der Waals surface area (Å²) >= 11 is 3.53. The number of rotatable bonds is 6. The molecule has 5 heteroatoms. The molecule has 1 aromatic carbocycles. The number of thioether (sulfide) groups is 1. The molecule has 3 heterocycles. The van der Waals surface area contributed by atoms with E-state index in [1.165, 1.54) is 9.77 Å². The van der Waals surface area contributed by atoms with Crippen LogP contribution in [0.25, 0.3) is 6.08 Å². The third kappa shape index (κ3) is 5.00. The van der Waals surface area contributed by atoms with Gasteiger partial charge in [0.1, 0.15) is 0 Å². The smallest absolute Gasteiger partial charge is 0.167 e. The molecule has 1 saturated heterocycles. The van der Waals surface area contributed by atoms with Gasteiger partial charge < -0.3 is 0 Å². The Balaban J connectivity index is 1.77. The molecule has 0 aliphatic carbocycles. The summed E-state index contributed by atoms with van der Waals surface area (Å²) in [6.07, 6.45) is 6.84. The standard InChI is InChI=1S/C26H28N2OS2/c1-26(2)18-28(15-13-22-8-6-16-31-22)24(19-9-11-21(30-3)12-10-19)23(25(26)29)17-20-7-4-5-14-27-20/h4-12,14,16-17,24H,13,15,18H2,1-3H3/b23-17+.